The van der Waals surface area contributed by atoms with Crippen molar-refractivity contribution in [2.45, 2.75) is 59.7 Å². The zero-order valence-corrected chi connectivity index (χ0v) is 15.8. The molecule has 0 unspecified atom stereocenters. The van der Waals surface area contributed by atoms with Crippen molar-refractivity contribution in [2.24, 2.45) is 0 Å². The number of rotatable bonds is 5. The van der Waals surface area contributed by atoms with E-state index in [1.165, 1.54) is 0 Å². The Morgan fingerprint density at radius 1 is 1.28 bits per heavy atom. The quantitative estimate of drug-likeness (QED) is 0.875. The molecule has 2 aromatic heterocycles. The molecule has 0 bridgehead atoms. The molecular weight excluding hydrogens is 318 g/mol. The highest BCUT2D eigenvalue weighted by atomic mass is 16.3. The molecule has 0 aliphatic heterocycles. The Bertz CT molecular complexity index is 752. The second-order valence-corrected chi connectivity index (χ2v) is 7.38. The van der Waals surface area contributed by atoms with Crippen LogP contribution in [0.5, 0.6) is 0 Å². The van der Waals surface area contributed by atoms with Gasteiger partial charge in [0.25, 0.3) is 5.91 Å². The fourth-order valence-corrected chi connectivity index (χ4v) is 2.65. The molecule has 6 heteroatoms. The van der Waals surface area contributed by atoms with Crippen LogP contribution in [0.2, 0.25) is 0 Å². The average Bonchev–Trinajstić information content (AvgIpc) is 3.09. The molecule has 1 atom stereocenters. The Labute approximate surface area is 148 Å². The van der Waals surface area contributed by atoms with Gasteiger partial charge in [-0.1, -0.05) is 0 Å². The van der Waals surface area contributed by atoms with Gasteiger partial charge >= 0.3 is 0 Å². The van der Waals surface area contributed by atoms with Gasteiger partial charge in [0.2, 0.25) is 5.91 Å². The topological polar surface area (TPSA) is 76.3 Å². The summed E-state index contributed by atoms with van der Waals surface area (Å²) in [6.45, 7) is 11.8. The summed E-state index contributed by atoms with van der Waals surface area (Å²) < 4.78 is 7.41. The molecule has 2 aromatic rings. The lowest BCUT2D eigenvalue weighted by molar-refractivity contribution is -0.124. The third-order valence-electron chi connectivity index (χ3n) is 3.95. The maximum atomic E-state index is 12.6. The van der Waals surface area contributed by atoms with E-state index in [1.54, 1.807) is 13.2 Å². The van der Waals surface area contributed by atoms with Crippen LogP contribution in [0, 0.1) is 13.8 Å². The van der Waals surface area contributed by atoms with Crippen LogP contribution in [0.1, 0.15) is 55.2 Å². The number of aromatic nitrogens is 1. The largest absolute Gasteiger partial charge is 0.467 e. The van der Waals surface area contributed by atoms with Gasteiger partial charge in [-0.05, 0) is 59.7 Å². The molecule has 0 radical (unpaired) electrons. The lowest BCUT2D eigenvalue weighted by Crippen LogP contribution is -2.50. The molecule has 0 spiro atoms. The van der Waals surface area contributed by atoms with Crippen LogP contribution in [0.25, 0.3) is 0 Å². The zero-order valence-electron chi connectivity index (χ0n) is 15.8. The SMILES string of the molecule is Cc1cc(C(=O)N[C@H](C)C(=O)NC(C)(C)C)c(C)n1Cc1ccco1. The molecule has 6 nitrogen and oxygen atoms in total. The van der Waals surface area contributed by atoms with Crippen molar-refractivity contribution in [1.29, 1.82) is 0 Å². The standard InChI is InChI=1S/C19H27N3O3/c1-12-10-16(14(3)22(12)11-15-8-7-9-25-15)18(24)20-13(2)17(23)21-19(4,5)6/h7-10,13H,11H2,1-6H3,(H,20,24)(H,21,23)/t13-/m1/s1. The summed E-state index contributed by atoms with van der Waals surface area (Å²) in [5, 5.41) is 5.64. The number of nitrogens with one attached hydrogen (secondary N) is 2. The molecule has 2 N–H and O–H groups in total. The van der Waals surface area contributed by atoms with Gasteiger partial charge in [-0.15, -0.1) is 0 Å². The van der Waals surface area contributed by atoms with E-state index < -0.39 is 6.04 Å². The van der Waals surface area contributed by atoms with Crippen LogP contribution in [0.4, 0.5) is 0 Å². The molecule has 2 heterocycles. The second kappa shape index (κ2) is 7.17. The van der Waals surface area contributed by atoms with Crippen molar-refractivity contribution >= 4 is 11.8 Å². The Balaban J connectivity index is 2.11. The maximum absolute atomic E-state index is 12.6. The van der Waals surface area contributed by atoms with Crippen molar-refractivity contribution in [3.05, 3.63) is 47.2 Å². The first-order valence-electron chi connectivity index (χ1n) is 8.40. The van der Waals surface area contributed by atoms with Gasteiger partial charge in [-0.3, -0.25) is 9.59 Å². The number of carbonyl (C=O) groups is 2. The van der Waals surface area contributed by atoms with Gasteiger partial charge in [0.05, 0.1) is 18.4 Å². The molecule has 2 amide bonds. The van der Waals surface area contributed by atoms with Crippen LogP contribution in [0.3, 0.4) is 0 Å². The molecule has 0 saturated carbocycles. The molecule has 25 heavy (non-hydrogen) atoms. The minimum Gasteiger partial charge on any atom is -0.467 e. The number of hydrogen-bond donors (Lipinski definition) is 2. The van der Waals surface area contributed by atoms with E-state index >= 15 is 0 Å². The highest BCUT2D eigenvalue weighted by molar-refractivity contribution is 5.98. The van der Waals surface area contributed by atoms with E-state index in [4.69, 9.17) is 4.42 Å². The van der Waals surface area contributed by atoms with E-state index in [0.717, 1.165) is 17.1 Å². The first kappa shape index (κ1) is 18.8. The van der Waals surface area contributed by atoms with Crippen molar-refractivity contribution in [3.63, 3.8) is 0 Å². The molecule has 0 aromatic carbocycles. The average molecular weight is 345 g/mol. The summed E-state index contributed by atoms with van der Waals surface area (Å²) in [5.41, 5.74) is 2.04. The first-order chi connectivity index (χ1) is 11.6. The maximum Gasteiger partial charge on any atom is 0.253 e. The number of amides is 2. The molecule has 0 aliphatic carbocycles. The summed E-state index contributed by atoms with van der Waals surface area (Å²) in [6.07, 6.45) is 1.63. The Morgan fingerprint density at radius 3 is 2.52 bits per heavy atom. The second-order valence-electron chi connectivity index (χ2n) is 7.38. The predicted molar refractivity (Wildman–Crippen MR) is 96.5 cm³/mol. The molecule has 0 aliphatic rings. The van der Waals surface area contributed by atoms with Crippen molar-refractivity contribution in [2.75, 3.05) is 0 Å². The molecular formula is C19H27N3O3. The highest BCUT2D eigenvalue weighted by Gasteiger charge is 2.23. The third kappa shape index (κ3) is 4.75. The number of furan rings is 1. The van der Waals surface area contributed by atoms with E-state index in [1.807, 2.05) is 57.4 Å². The first-order valence-corrected chi connectivity index (χ1v) is 8.40. The van der Waals surface area contributed by atoms with E-state index in [0.29, 0.717) is 12.1 Å². The van der Waals surface area contributed by atoms with Gasteiger partial charge in [-0.25, -0.2) is 0 Å². The van der Waals surface area contributed by atoms with Gasteiger partial charge in [0.15, 0.2) is 0 Å². The normalized spacial score (nSPS) is 12.7. The predicted octanol–water partition coefficient (Wildman–Crippen LogP) is 2.78. The van der Waals surface area contributed by atoms with Crippen LogP contribution in [0.15, 0.2) is 28.9 Å². The summed E-state index contributed by atoms with van der Waals surface area (Å²) in [5.74, 6) is 0.368. The molecule has 2 rings (SSSR count). The number of hydrogen-bond acceptors (Lipinski definition) is 3. The van der Waals surface area contributed by atoms with Crippen molar-refractivity contribution < 1.29 is 14.0 Å². The van der Waals surface area contributed by atoms with Gasteiger partial charge < -0.3 is 19.6 Å². The number of carbonyl (C=O) groups excluding carboxylic acids is 2. The summed E-state index contributed by atoms with van der Waals surface area (Å²) >= 11 is 0. The van der Waals surface area contributed by atoms with E-state index in [2.05, 4.69) is 10.6 Å². The Morgan fingerprint density at radius 2 is 1.96 bits per heavy atom. The number of nitrogens with zero attached hydrogens (tertiary/aromatic N) is 1. The molecule has 0 saturated heterocycles. The highest BCUT2D eigenvalue weighted by Crippen LogP contribution is 2.17. The molecule has 136 valence electrons. The smallest absolute Gasteiger partial charge is 0.253 e. The van der Waals surface area contributed by atoms with Crippen molar-refractivity contribution in [3.8, 4) is 0 Å². The van der Waals surface area contributed by atoms with Gasteiger partial charge in [-0.2, -0.15) is 0 Å². The minimum absolute atomic E-state index is 0.203. The van der Waals surface area contributed by atoms with Crippen LogP contribution in [-0.2, 0) is 11.3 Å². The Hall–Kier alpha value is -2.50. The lowest BCUT2D eigenvalue weighted by atomic mass is 10.1. The van der Waals surface area contributed by atoms with Crippen LogP contribution >= 0.6 is 0 Å². The van der Waals surface area contributed by atoms with Crippen LogP contribution in [-0.4, -0.2) is 28.0 Å². The summed E-state index contributed by atoms with van der Waals surface area (Å²) in [4.78, 5) is 24.7. The van der Waals surface area contributed by atoms with Gasteiger partial charge in [0, 0.05) is 16.9 Å². The third-order valence-corrected chi connectivity index (χ3v) is 3.95. The fourth-order valence-electron chi connectivity index (χ4n) is 2.65. The number of aryl methyl sites for hydroxylation is 1. The van der Waals surface area contributed by atoms with E-state index in [9.17, 15) is 9.59 Å². The summed E-state index contributed by atoms with van der Waals surface area (Å²) in [6, 6.07) is 4.96. The van der Waals surface area contributed by atoms with Gasteiger partial charge in [0.1, 0.15) is 11.8 Å². The minimum atomic E-state index is -0.611. The zero-order chi connectivity index (χ0) is 18.8. The monoisotopic (exact) mass is 345 g/mol. The van der Waals surface area contributed by atoms with E-state index in [-0.39, 0.29) is 17.4 Å². The van der Waals surface area contributed by atoms with Crippen LogP contribution < -0.4 is 10.6 Å². The molecule has 0 fully saturated rings. The fraction of sp³-hybridized carbons (Fsp3) is 0.474. The lowest BCUT2D eigenvalue weighted by Gasteiger charge is -2.23. The summed E-state index contributed by atoms with van der Waals surface area (Å²) in [7, 11) is 0. The Kier molecular flexibility index (Phi) is 5.40. The van der Waals surface area contributed by atoms with Crippen molar-refractivity contribution in [1.82, 2.24) is 15.2 Å².